The van der Waals surface area contributed by atoms with Crippen molar-refractivity contribution in [2.24, 2.45) is 5.73 Å². The lowest BCUT2D eigenvalue weighted by Crippen LogP contribution is -2.42. The van der Waals surface area contributed by atoms with Crippen LogP contribution in [0.25, 0.3) is 0 Å². The zero-order chi connectivity index (χ0) is 13.1. The van der Waals surface area contributed by atoms with E-state index in [-0.39, 0.29) is 0 Å². The molecule has 0 bridgehead atoms. The number of benzene rings is 1. The first-order valence-electron chi connectivity index (χ1n) is 7.14. The van der Waals surface area contributed by atoms with Gasteiger partial charge in [0.05, 0.1) is 0 Å². The molecule has 1 aliphatic rings. The Bertz CT molecular complexity index is 394. The number of rotatable bonds is 4. The first-order valence-corrected chi connectivity index (χ1v) is 7.14. The quantitative estimate of drug-likeness (QED) is 0.885. The van der Waals surface area contributed by atoms with Gasteiger partial charge in [0.15, 0.2) is 0 Å². The van der Waals surface area contributed by atoms with Gasteiger partial charge in [-0.05, 0) is 56.8 Å². The van der Waals surface area contributed by atoms with Crippen molar-refractivity contribution in [3.8, 4) is 0 Å². The lowest BCUT2D eigenvalue weighted by Gasteiger charge is -2.32. The normalized spacial score (nSPS) is 20.0. The second kappa shape index (κ2) is 5.85. The molecule has 0 spiro atoms. The van der Waals surface area contributed by atoms with Gasteiger partial charge in [-0.3, -0.25) is 4.90 Å². The SMILES string of the molecule is Cc1ccc(C)c(C(C)C(CN)N2CCCC2)c1. The van der Waals surface area contributed by atoms with Gasteiger partial charge in [-0.25, -0.2) is 0 Å². The summed E-state index contributed by atoms with van der Waals surface area (Å²) in [6.07, 6.45) is 2.66. The molecule has 1 aromatic rings. The maximum Gasteiger partial charge on any atom is 0.0284 e. The molecule has 18 heavy (non-hydrogen) atoms. The Morgan fingerprint density at radius 3 is 2.50 bits per heavy atom. The van der Waals surface area contributed by atoms with Crippen molar-refractivity contribution in [1.29, 1.82) is 0 Å². The third-order valence-corrected chi connectivity index (χ3v) is 4.35. The molecule has 0 amide bonds. The van der Waals surface area contributed by atoms with Crippen molar-refractivity contribution >= 4 is 0 Å². The van der Waals surface area contributed by atoms with E-state index in [4.69, 9.17) is 5.73 Å². The molecule has 100 valence electrons. The molecule has 2 N–H and O–H groups in total. The van der Waals surface area contributed by atoms with Crippen LogP contribution in [0.2, 0.25) is 0 Å². The summed E-state index contributed by atoms with van der Waals surface area (Å²) >= 11 is 0. The van der Waals surface area contributed by atoms with E-state index in [1.807, 2.05) is 0 Å². The van der Waals surface area contributed by atoms with Crippen LogP contribution in [0.5, 0.6) is 0 Å². The maximum absolute atomic E-state index is 6.04. The average Bonchev–Trinajstić information content (AvgIpc) is 2.87. The Labute approximate surface area is 111 Å². The lowest BCUT2D eigenvalue weighted by atomic mass is 9.88. The first-order chi connectivity index (χ1) is 8.63. The molecule has 1 fully saturated rings. The number of nitrogens with two attached hydrogens (primary N) is 1. The van der Waals surface area contributed by atoms with Crippen LogP contribution in [0.15, 0.2) is 18.2 Å². The zero-order valence-corrected chi connectivity index (χ0v) is 11.9. The Kier molecular flexibility index (Phi) is 4.41. The highest BCUT2D eigenvalue weighted by Gasteiger charge is 2.27. The standard InChI is InChI=1S/C16H26N2/c1-12-6-7-13(2)15(10-12)14(3)16(11-17)18-8-4-5-9-18/h6-7,10,14,16H,4-5,8-9,11,17H2,1-3H3. The predicted octanol–water partition coefficient (Wildman–Crippen LogP) is 2.83. The van der Waals surface area contributed by atoms with Gasteiger partial charge in [0, 0.05) is 12.6 Å². The Hall–Kier alpha value is -0.860. The van der Waals surface area contributed by atoms with Crippen LogP contribution in [0.1, 0.15) is 42.4 Å². The van der Waals surface area contributed by atoms with Crippen molar-refractivity contribution < 1.29 is 0 Å². The summed E-state index contributed by atoms with van der Waals surface area (Å²) < 4.78 is 0. The monoisotopic (exact) mass is 246 g/mol. The van der Waals surface area contributed by atoms with Gasteiger partial charge in [-0.2, -0.15) is 0 Å². The molecule has 0 aromatic heterocycles. The minimum Gasteiger partial charge on any atom is -0.329 e. The van der Waals surface area contributed by atoms with Crippen LogP contribution < -0.4 is 5.73 Å². The van der Waals surface area contributed by atoms with E-state index < -0.39 is 0 Å². The summed E-state index contributed by atoms with van der Waals surface area (Å²) in [6, 6.07) is 7.25. The van der Waals surface area contributed by atoms with Crippen molar-refractivity contribution in [1.82, 2.24) is 4.90 Å². The second-order valence-electron chi connectivity index (χ2n) is 5.69. The fourth-order valence-electron chi connectivity index (χ4n) is 3.20. The summed E-state index contributed by atoms with van der Waals surface area (Å²) in [5.41, 5.74) is 10.2. The van der Waals surface area contributed by atoms with Crippen molar-refractivity contribution in [3.05, 3.63) is 34.9 Å². The molecule has 0 aliphatic carbocycles. The van der Waals surface area contributed by atoms with Crippen LogP contribution in [0, 0.1) is 13.8 Å². The summed E-state index contributed by atoms with van der Waals surface area (Å²) in [5.74, 6) is 0.521. The molecule has 1 saturated heterocycles. The molecule has 0 saturated carbocycles. The number of aryl methyl sites for hydroxylation is 2. The number of hydrogen-bond donors (Lipinski definition) is 1. The molecule has 2 atom stereocenters. The highest BCUT2D eigenvalue weighted by Crippen LogP contribution is 2.28. The molecule has 2 heteroatoms. The number of hydrogen-bond acceptors (Lipinski definition) is 2. The summed E-state index contributed by atoms with van der Waals surface area (Å²) in [5, 5.41) is 0. The fourth-order valence-corrected chi connectivity index (χ4v) is 3.20. The van der Waals surface area contributed by atoms with E-state index in [0.29, 0.717) is 12.0 Å². The highest BCUT2D eigenvalue weighted by atomic mass is 15.2. The third-order valence-electron chi connectivity index (χ3n) is 4.35. The van der Waals surface area contributed by atoms with E-state index >= 15 is 0 Å². The fraction of sp³-hybridized carbons (Fsp3) is 0.625. The van der Waals surface area contributed by atoms with E-state index in [9.17, 15) is 0 Å². The van der Waals surface area contributed by atoms with Crippen molar-refractivity contribution in [3.63, 3.8) is 0 Å². The number of likely N-dealkylation sites (tertiary alicyclic amines) is 1. The molecule has 1 heterocycles. The summed E-state index contributed by atoms with van der Waals surface area (Å²) in [4.78, 5) is 2.58. The average molecular weight is 246 g/mol. The van der Waals surface area contributed by atoms with Gasteiger partial charge >= 0.3 is 0 Å². The van der Waals surface area contributed by atoms with Crippen LogP contribution in [-0.4, -0.2) is 30.6 Å². The van der Waals surface area contributed by atoms with E-state index in [0.717, 1.165) is 6.54 Å². The molecular weight excluding hydrogens is 220 g/mol. The predicted molar refractivity (Wildman–Crippen MR) is 78.0 cm³/mol. The van der Waals surface area contributed by atoms with Gasteiger partial charge in [0.25, 0.3) is 0 Å². The molecule has 2 rings (SSSR count). The van der Waals surface area contributed by atoms with Gasteiger partial charge in [0.2, 0.25) is 0 Å². The Morgan fingerprint density at radius 2 is 1.89 bits per heavy atom. The molecule has 0 radical (unpaired) electrons. The third kappa shape index (κ3) is 2.76. The van der Waals surface area contributed by atoms with Crippen molar-refractivity contribution in [2.45, 2.75) is 45.6 Å². The minimum atomic E-state index is 0.494. The molecule has 2 unspecified atom stereocenters. The Balaban J connectivity index is 2.21. The van der Waals surface area contributed by atoms with Crippen molar-refractivity contribution in [2.75, 3.05) is 19.6 Å². The molecular formula is C16H26N2. The molecule has 2 nitrogen and oxygen atoms in total. The second-order valence-corrected chi connectivity index (χ2v) is 5.69. The topological polar surface area (TPSA) is 29.3 Å². The van der Waals surface area contributed by atoms with Gasteiger partial charge in [-0.15, -0.1) is 0 Å². The molecule has 1 aliphatic heterocycles. The van der Waals surface area contributed by atoms with Crippen LogP contribution in [0.4, 0.5) is 0 Å². The summed E-state index contributed by atoms with van der Waals surface area (Å²) in [6.45, 7) is 9.91. The van der Waals surface area contributed by atoms with E-state index in [2.05, 4.69) is 43.9 Å². The smallest absolute Gasteiger partial charge is 0.0284 e. The van der Waals surface area contributed by atoms with Crippen LogP contribution >= 0.6 is 0 Å². The van der Waals surface area contributed by atoms with E-state index in [1.54, 1.807) is 0 Å². The minimum absolute atomic E-state index is 0.494. The maximum atomic E-state index is 6.04. The van der Waals surface area contributed by atoms with Gasteiger partial charge in [0.1, 0.15) is 0 Å². The molecule has 1 aromatic carbocycles. The van der Waals surface area contributed by atoms with Gasteiger partial charge in [-0.1, -0.05) is 30.7 Å². The zero-order valence-electron chi connectivity index (χ0n) is 11.9. The number of nitrogens with zero attached hydrogens (tertiary/aromatic N) is 1. The highest BCUT2D eigenvalue weighted by molar-refractivity contribution is 5.34. The van der Waals surface area contributed by atoms with Crippen LogP contribution in [0.3, 0.4) is 0 Å². The summed E-state index contributed by atoms with van der Waals surface area (Å²) in [7, 11) is 0. The lowest BCUT2D eigenvalue weighted by molar-refractivity contribution is 0.221. The Morgan fingerprint density at radius 1 is 1.22 bits per heavy atom. The van der Waals surface area contributed by atoms with E-state index in [1.165, 1.54) is 42.6 Å². The van der Waals surface area contributed by atoms with Crippen LogP contribution in [-0.2, 0) is 0 Å². The largest absolute Gasteiger partial charge is 0.329 e. The first kappa shape index (κ1) is 13.6. The van der Waals surface area contributed by atoms with Gasteiger partial charge < -0.3 is 5.73 Å².